The van der Waals surface area contributed by atoms with Crippen molar-refractivity contribution < 1.29 is 33.9 Å². The third kappa shape index (κ3) is 13.5. The molecule has 4 saturated carbocycles. The molecule has 2 unspecified atom stereocenters. The van der Waals surface area contributed by atoms with E-state index in [1.807, 2.05) is 6.92 Å². The number of epoxide rings is 1. The van der Waals surface area contributed by atoms with Crippen molar-refractivity contribution in [1.29, 1.82) is 0 Å². The summed E-state index contributed by atoms with van der Waals surface area (Å²) in [6.07, 6.45) is 21.0. The van der Waals surface area contributed by atoms with Crippen LogP contribution in [0.4, 0.5) is 0 Å². The van der Waals surface area contributed by atoms with E-state index < -0.39 is 0 Å². The maximum Gasteiger partial charge on any atom is 0.147 e. The largest absolute Gasteiger partial charge is 0.393 e. The molecule has 7 heteroatoms. The van der Waals surface area contributed by atoms with Gasteiger partial charge in [-0.15, -0.1) is 0 Å². The number of aliphatic hydroxyl groups excluding tert-OH is 2. The van der Waals surface area contributed by atoms with Gasteiger partial charge in [0.25, 0.3) is 0 Å². The lowest BCUT2D eigenvalue weighted by atomic mass is 9.60. The Balaban J connectivity index is 0.000000244. The van der Waals surface area contributed by atoms with Crippen LogP contribution in [0.15, 0.2) is 0 Å². The number of rotatable bonds is 16. The summed E-state index contributed by atoms with van der Waals surface area (Å²) in [5, 5.41) is 19.8. The van der Waals surface area contributed by atoms with Gasteiger partial charge >= 0.3 is 0 Å². The first-order valence-electron chi connectivity index (χ1n) is 21.6. The molecule has 5 aliphatic rings. The van der Waals surface area contributed by atoms with Crippen molar-refractivity contribution in [3.63, 3.8) is 0 Å². The van der Waals surface area contributed by atoms with Gasteiger partial charge in [0.1, 0.15) is 12.9 Å². The minimum Gasteiger partial charge on any atom is -0.393 e. The minimum absolute atomic E-state index is 0.0419. The fraction of sp³-hybridized carbons (Fsp3) is 1.00. The zero-order valence-electron chi connectivity index (χ0n) is 34.6. The Morgan fingerprint density at radius 3 is 1.45 bits per heavy atom. The lowest BCUT2D eigenvalue weighted by molar-refractivity contribution is -0.110. The van der Waals surface area contributed by atoms with E-state index in [0.29, 0.717) is 54.6 Å². The monoisotopic (exact) mass is 723 g/mol. The zero-order valence-corrected chi connectivity index (χ0v) is 34.6. The highest BCUT2D eigenvalue weighted by molar-refractivity contribution is 4.94. The van der Waals surface area contributed by atoms with Gasteiger partial charge in [0.15, 0.2) is 0 Å². The molecule has 4 aliphatic carbocycles. The average Bonchev–Trinajstić information content (AvgIpc) is 3.95. The summed E-state index contributed by atoms with van der Waals surface area (Å²) in [4.78, 5) is 0. The van der Waals surface area contributed by atoms with E-state index in [1.165, 1.54) is 77.0 Å². The molecule has 51 heavy (non-hydrogen) atoms. The fourth-order valence-corrected chi connectivity index (χ4v) is 10.4. The van der Waals surface area contributed by atoms with Crippen molar-refractivity contribution in [2.45, 2.75) is 214 Å². The van der Waals surface area contributed by atoms with E-state index in [4.69, 9.17) is 23.7 Å². The second-order valence-electron chi connectivity index (χ2n) is 19.5. The normalized spacial score (nSPS) is 34.5. The van der Waals surface area contributed by atoms with Crippen molar-refractivity contribution in [2.24, 2.45) is 40.4 Å². The Morgan fingerprint density at radius 2 is 1.04 bits per heavy atom. The lowest BCUT2D eigenvalue weighted by Gasteiger charge is -2.47. The van der Waals surface area contributed by atoms with Crippen LogP contribution in [0.1, 0.15) is 171 Å². The molecule has 0 aromatic carbocycles. The molecule has 2 N–H and O–H groups in total. The lowest BCUT2D eigenvalue weighted by Crippen LogP contribution is -2.41. The first-order valence-corrected chi connectivity index (χ1v) is 21.6. The van der Waals surface area contributed by atoms with Crippen LogP contribution in [0.2, 0.25) is 0 Å². The summed E-state index contributed by atoms with van der Waals surface area (Å²) in [5.41, 5.74) is 0.668. The SMILES string of the molecule is CC(C)CC(O)COC1CCC(C(C)(C)C2CCC(OC(C)(C)C3CO3)CC2)CC1.CCOCOC1CCC(C(C)(C)C2CCC(O)CC2)CC1. The van der Waals surface area contributed by atoms with Gasteiger partial charge in [-0.25, -0.2) is 0 Å². The predicted octanol–water partition coefficient (Wildman–Crippen LogP) is 9.88. The number of hydrogen-bond donors (Lipinski definition) is 2. The molecule has 7 nitrogen and oxygen atoms in total. The highest BCUT2D eigenvalue weighted by atomic mass is 16.7. The van der Waals surface area contributed by atoms with E-state index >= 15 is 0 Å². The van der Waals surface area contributed by atoms with Gasteiger partial charge in [0.05, 0.1) is 49.3 Å². The van der Waals surface area contributed by atoms with Gasteiger partial charge in [-0.2, -0.15) is 0 Å². The van der Waals surface area contributed by atoms with Crippen molar-refractivity contribution in [1.82, 2.24) is 0 Å². The standard InChI is InChI=1S/C26H48O4.C18H34O3/c1-18(2)15-21(27)16-28-22-11-7-19(8-12-22)25(3,4)20-9-13-23(14-10-20)30-26(5,6)24-17-29-24;1-4-20-13-21-17-11-7-15(8-12-17)18(2,3)14-5-9-16(19)10-6-14/h18-24,27H,7-17H2,1-6H3;14-17,19H,4-13H2,1-3H3. The first kappa shape index (κ1) is 43.4. The Labute approximate surface area is 314 Å². The summed E-state index contributed by atoms with van der Waals surface area (Å²) in [5.74, 6) is 3.70. The van der Waals surface area contributed by atoms with Crippen molar-refractivity contribution >= 4 is 0 Å². The topological polar surface area (TPSA) is 89.9 Å². The van der Waals surface area contributed by atoms with E-state index in [-0.39, 0.29) is 17.8 Å². The summed E-state index contributed by atoms with van der Waals surface area (Å²) in [6, 6.07) is 0. The zero-order chi connectivity index (χ0) is 37.2. The molecule has 0 bridgehead atoms. The van der Waals surface area contributed by atoms with Gasteiger partial charge in [0, 0.05) is 6.61 Å². The summed E-state index contributed by atoms with van der Waals surface area (Å²) >= 11 is 0. The van der Waals surface area contributed by atoms with Crippen molar-refractivity contribution in [3.8, 4) is 0 Å². The molecular weight excluding hydrogens is 640 g/mol. The third-order valence-corrected chi connectivity index (χ3v) is 14.4. The Kier molecular flexibility index (Phi) is 17.1. The Morgan fingerprint density at radius 1 is 0.627 bits per heavy atom. The molecule has 2 atom stereocenters. The molecule has 0 amide bonds. The van der Waals surface area contributed by atoms with Crippen LogP contribution >= 0.6 is 0 Å². The van der Waals surface area contributed by atoms with E-state index in [1.54, 1.807) is 0 Å². The number of ether oxygens (including phenoxy) is 5. The molecule has 300 valence electrons. The first-order chi connectivity index (χ1) is 24.1. The molecule has 1 aliphatic heterocycles. The van der Waals surface area contributed by atoms with Crippen LogP contribution in [0.3, 0.4) is 0 Å². The summed E-state index contributed by atoms with van der Waals surface area (Å²) in [7, 11) is 0. The predicted molar refractivity (Wildman–Crippen MR) is 207 cm³/mol. The smallest absolute Gasteiger partial charge is 0.147 e. The van der Waals surface area contributed by atoms with E-state index in [0.717, 1.165) is 69.0 Å². The second-order valence-corrected chi connectivity index (χ2v) is 19.5. The fourth-order valence-electron chi connectivity index (χ4n) is 10.4. The van der Waals surface area contributed by atoms with Gasteiger partial charge in [-0.05, 0) is 170 Å². The van der Waals surface area contributed by atoms with Crippen LogP contribution in [-0.4, -0.2) is 79.1 Å². The minimum atomic E-state index is -0.312. The van der Waals surface area contributed by atoms with E-state index in [2.05, 4.69) is 55.4 Å². The molecule has 0 radical (unpaired) electrons. The molecule has 1 saturated heterocycles. The second kappa shape index (κ2) is 20.1. The van der Waals surface area contributed by atoms with Gasteiger partial charge in [0.2, 0.25) is 0 Å². The maximum absolute atomic E-state index is 10.1. The number of aliphatic hydroxyl groups is 2. The molecular formula is C44H82O7. The van der Waals surface area contributed by atoms with Crippen LogP contribution in [0.5, 0.6) is 0 Å². The maximum atomic E-state index is 10.1. The molecule has 0 spiro atoms. The quantitative estimate of drug-likeness (QED) is 0.0932. The van der Waals surface area contributed by atoms with Crippen LogP contribution < -0.4 is 0 Å². The highest BCUT2D eigenvalue weighted by Gasteiger charge is 2.45. The molecule has 1 heterocycles. The average molecular weight is 723 g/mol. The molecule has 5 rings (SSSR count). The van der Waals surface area contributed by atoms with Gasteiger partial charge in [-0.3, -0.25) is 0 Å². The Hall–Kier alpha value is -0.280. The third-order valence-electron chi connectivity index (χ3n) is 14.4. The van der Waals surface area contributed by atoms with Crippen LogP contribution in [0.25, 0.3) is 0 Å². The number of hydrogen-bond acceptors (Lipinski definition) is 7. The summed E-state index contributed by atoms with van der Waals surface area (Å²) in [6.45, 7) is 23.2. The van der Waals surface area contributed by atoms with Gasteiger partial charge < -0.3 is 33.9 Å². The Bertz CT molecular complexity index is 945. The van der Waals surface area contributed by atoms with Crippen LogP contribution in [0, 0.1) is 40.4 Å². The van der Waals surface area contributed by atoms with Crippen LogP contribution in [-0.2, 0) is 23.7 Å². The van der Waals surface area contributed by atoms with Crippen molar-refractivity contribution in [2.75, 3.05) is 26.6 Å². The van der Waals surface area contributed by atoms with Crippen molar-refractivity contribution in [3.05, 3.63) is 0 Å². The molecule has 0 aromatic rings. The van der Waals surface area contributed by atoms with Gasteiger partial charge in [-0.1, -0.05) is 41.5 Å². The molecule has 0 aromatic heterocycles. The summed E-state index contributed by atoms with van der Waals surface area (Å²) < 4.78 is 29.0. The van der Waals surface area contributed by atoms with E-state index in [9.17, 15) is 10.2 Å². The molecule has 5 fully saturated rings. The highest BCUT2D eigenvalue weighted by Crippen LogP contribution is 2.50.